The Morgan fingerprint density at radius 2 is 2.16 bits per heavy atom. The van der Waals surface area contributed by atoms with Gasteiger partial charge in [0, 0.05) is 6.20 Å². The molecule has 0 aliphatic heterocycles. The molecule has 3 heterocycles. The molecule has 0 fully saturated rings. The lowest BCUT2D eigenvalue weighted by molar-refractivity contribution is -0.122. The molecule has 0 unspecified atom stereocenters. The Balaban J connectivity index is 1.78. The van der Waals surface area contributed by atoms with Gasteiger partial charge < -0.3 is 5.32 Å². The third kappa shape index (κ3) is 4.30. The van der Waals surface area contributed by atoms with Crippen molar-refractivity contribution < 1.29 is 4.79 Å². The van der Waals surface area contributed by atoms with E-state index in [0.29, 0.717) is 12.2 Å². The summed E-state index contributed by atoms with van der Waals surface area (Å²) in [4.78, 5) is 21.3. The number of aryl methyl sites for hydroxylation is 3. The van der Waals surface area contributed by atoms with Crippen LogP contribution >= 0.6 is 11.3 Å². The zero-order valence-electron chi connectivity index (χ0n) is 14.6. The van der Waals surface area contributed by atoms with E-state index in [9.17, 15) is 4.79 Å². The standard InChI is InChI=1S/C18H21N5OS/c1-12-5-4-7-19-18(12)16(9-15-6-8-25-11-15)21-17(24)10-23-14(3)20-13(2)22-23/h4-8,11,16H,9-10H2,1-3H3,(H,21,24)/t16-/m0/s1. The quantitative estimate of drug-likeness (QED) is 0.738. The van der Waals surface area contributed by atoms with Gasteiger partial charge in [-0.2, -0.15) is 16.4 Å². The minimum Gasteiger partial charge on any atom is -0.346 e. The van der Waals surface area contributed by atoms with Gasteiger partial charge in [-0.3, -0.25) is 9.78 Å². The van der Waals surface area contributed by atoms with Gasteiger partial charge in [-0.15, -0.1) is 0 Å². The van der Waals surface area contributed by atoms with Crippen LogP contribution in [0.3, 0.4) is 0 Å². The summed E-state index contributed by atoms with van der Waals surface area (Å²) >= 11 is 1.65. The summed E-state index contributed by atoms with van der Waals surface area (Å²) in [6, 6.07) is 5.82. The molecule has 130 valence electrons. The zero-order chi connectivity index (χ0) is 17.8. The Hall–Kier alpha value is -2.54. The summed E-state index contributed by atoms with van der Waals surface area (Å²) in [6.07, 6.45) is 2.47. The molecular weight excluding hydrogens is 334 g/mol. The van der Waals surface area contributed by atoms with E-state index in [1.54, 1.807) is 22.2 Å². The Morgan fingerprint density at radius 1 is 1.32 bits per heavy atom. The molecule has 25 heavy (non-hydrogen) atoms. The molecule has 1 amide bonds. The van der Waals surface area contributed by atoms with Gasteiger partial charge in [-0.1, -0.05) is 6.07 Å². The van der Waals surface area contributed by atoms with Crippen LogP contribution < -0.4 is 5.32 Å². The van der Waals surface area contributed by atoms with Crippen molar-refractivity contribution in [3.63, 3.8) is 0 Å². The maximum Gasteiger partial charge on any atom is 0.242 e. The first-order chi connectivity index (χ1) is 12.0. The zero-order valence-corrected chi connectivity index (χ0v) is 15.4. The van der Waals surface area contributed by atoms with Gasteiger partial charge in [-0.25, -0.2) is 9.67 Å². The van der Waals surface area contributed by atoms with Crippen LogP contribution in [0.1, 0.15) is 34.5 Å². The lowest BCUT2D eigenvalue weighted by Gasteiger charge is -2.20. The maximum absolute atomic E-state index is 12.6. The third-order valence-corrected chi connectivity index (χ3v) is 4.72. The van der Waals surface area contributed by atoms with Gasteiger partial charge in [0.25, 0.3) is 0 Å². The third-order valence-electron chi connectivity index (χ3n) is 3.99. The number of aromatic nitrogens is 4. The van der Waals surface area contributed by atoms with Gasteiger partial charge in [0.1, 0.15) is 18.2 Å². The van der Waals surface area contributed by atoms with Crippen LogP contribution in [-0.4, -0.2) is 25.7 Å². The summed E-state index contributed by atoms with van der Waals surface area (Å²) < 4.78 is 1.62. The lowest BCUT2D eigenvalue weighted by atomic mass is 10.0. The summed E-state index contributed by atoms with van der Waals surface area (Å²) in [6.45, 7) is 5.83. The van der Waals surface area contributed by atoms with Crippen LogP contribution in [0.15, 0.2) is 35.2 Å². The van der Waals surface area contributed by atoms with E-state index >= 15 is 0 Å². The van der Waals surface area contributed by atoms with Crippen LogP contribution in [0.5, 0.6) is 0 Å². The number of nitrogens with one attached hydrogen (secondary N) is 1. The predicted octanol–water partition coefficient (Wildman–Crippen LogP) is 2.76. The number of hydrogen-bond acceptors (Lipinski definition) is 5. The van der Waals surface area contributed by atoms with Crippen molar-refractivity contribution >= 4 is 17.2 Å². The number of carbonyl (C=O) groups excluding carboxylic acids is 1. The molecule has 0 saturated carbocycles. The highest BCUT2D eigenvalue weighted by atomic mass is 32.1. The van der Waals surface area contributed by atoms with Crippen molar-refractivity contribution in [3.8, 4) is 0 Å². The fraction of sp³-hybridized carbons (Fsp3) is 0.333. The van der Waals surface area contributed by atoms with Crippen LogP contribution in [0.25, 0.3) is 0 Å². The van der Waals surface area contributed by atoms with E-state index in [1.165, 1.54) is 5.56 Å². The highest BCUT2D eigenvalue weighted by Gasteiger charge is 2.19. The molecule has 3 aromatic heterocycles. The SMILES string of the molecule is Cc1nc(C)n(CC(=O)N[C@@H](Cc2ccsc2)c2ncccc2C)n1. The van der Waals surface area contributed by atoms with Crippen molar-refractivity contribution in [1.82, 2.24) is 25.1 Å². The number of rotatable bonds is 6. The summed E-state index contributed by atoms with van der Waals surface area (Å²) in [7, 11) is 0. The Kier molecular flexibility index (Phi) is 5.23. The molecule has 6 nitrogen and oxygen atoms in total. The van der Waals surface area contributed by atoms with Gasteiger partial charge >= 0.3 is 0 Å². The molecular formula is C18H21N5OS. The van der Waals surface area contributed by atoms with E-state index in [2.05, 4.69) is 31.8 Å². The Labute approximate surface area is 150 Å². The molecule has 0 saturated heterocycles. The van der Waals surface area contributed by atoms with E-state index in [4.69, 9.17) is 0 Å². The number of thiophene rings is 1. The van der Waals surface area contributed by atoms with Gasteiger partial charge in [0.05, 0.1) is 11.7 Å². The van der Waals surface area contributed by atoms with E-state index < -0.39 is 0 Å². The van der Waals surface area contributed by atoms with Gasteiger partial charge in [-0.05, 0) is 61.2 Å². The topological polar surface area (TPSA) is 72.7 Å². The highest BCUT2D eigenvalue weighted by molar-refractivity contribution is 7.07. The van der Waals surface area contributed by atoms with Crippen molar-refractivity contribution in [1.29, 1.82) is 0 Å². The fourth-order valence-electron chi connectivity index (χ4n) is 2.81. The first-order valence-electron chi connectivity index (χ1n) is 8.13. The van der Waals surface area contributed by atoms with Gasteiger partial charge in [0.15, 0.2) is 0 Å². The molecule has 0 bridgehead atoms. The molecule has 7 heteroatoms. The van der Waals surface area contributed by atoms with Gasteiger partial charge in [0.2, 0.25) is 5.91 Å². The molecule has 0 radical (unpaired) electrons. The fourth-order valence-corrected chi connectivity index (χ4v) is 3.49. The normalized spacial score (nSPS) is 12.1. The first kappa shape index (κ1) is 17.3. The average molecular weight is 355 g/mol. The molecule has 1 atom stereocenters. The van der Waals surface area contributed by atoms with Crippen LogP contribution in [0.2, 0.25) is 0 Å². The first-order valence-corrected chi connectivity index (χ1v) is 9.07. The number of carbonyl (C=O) groups is 1. The highest BCUT2D eigenvalue weighted by Crippen LogP contribution is 2.21. The Morgan fingerprint density at radius 3 is 2.80 bits per heavy atom. The minimum atomic E-state index is -0.173. The molecule has 0 aromatic carbocycles. The van der Waals surface area contributed by atoms with Crippen molar-refractivity contribution in [2.75, 3.05) is 0 Å². The van der Waals surface area contributed by atoms with E-state index in [1.807, 2.05) is 38.3 Å². The Bertz CT molecular complexity index is 856. The summed E-state index contributed by atoms with van der Waals surface area (Å²) in [5.74, 6) is 1.30. The number of hydrogen-bond donors (Lipinski definition) is 1. The minimum absolute atomic E-state index is 0.0988. The molecule has 1 N–H and O–H groups in total. The number of pyridine rings is 1. The smallest absolute Gasteiger partial charge is 0.242 e. The second kappa shape index (κ2) is 7.57. The van der Waals surface area contributed by atoms with Crippen LogP contribution in [0, 0.1) is 20.8 Å². The predicted molar refractivity (Wildman–Crippen MR) is 97.4 cm³/mol. The second-order valence-corrected chi connectivity index (χ2v) is 6.81. The number of nitrogens with zero attached hydrogens (tertiary/aromatic N) is 4. The molecule has 3 aromatic rings. The molecule has 0 aliphatic rings. The van der Waals surface area contributed by atoms with Crippen LogP contribution in [-0.2, 0) is 17.8 Å². The van der Waals surface area contributed by atoms with Crippen molar-refractivity contribution in [3.05, 3.63) is 63.6 Å². The van der Waals surface area contributed by atoms with E-state index in [-0.39, 0.29) is 18.5 Å². The lowest BCUT2D eigenvalue weighted by Crippen LogP contribution is -2.34. The maximum atomic E-state index is 12.6. The molecule has 3 rings (SSSR count). The average Bonchev–Trinajstić information content (AvgIpc) is 3.17. The van der Waals surface area contributed by atoms with Crippen LogP contribution in [0.4, 0.5) is 0 Å². The van der Waals surface area contributed by atoms with E-state index in [0.717, 1.165) is 17.1 Å². The molecule has 0 spiro atoms. The second-order valence-electron chi connectivity index (χ2n) is 6.03. The van der Waals surface area contributed by atoms with Crippen molar-refractivity contribution in [2.45, 2.75) is 39.8 Å². The molecule has 0 aliphatic carbocycles. The monoisotopic (exact) mass is 355 g/mol. The number of amides is 1. The van der Waals surface area contributed by atoms with Crippen molar-refractivity contribution in [2.24, 2.45) is 0 Å². The summed E-state index contributed by atoms with van der Waals surface area (Å²) in [5, 5.41) is 11.5. The summed E-state index contributed by atoms with van der Waals surface area (Å²) in [5.41, 5.74) is 3.15. The largest absolute Gasteiger partial charge is 0.346 e.